The molecule has 0 saturated heterocycles. The van der Waals surface area contributed by atoms with Crippen molar-refractivity contribution in [2.45, 2.75) is 52.3 Å². The number of nitrogens with one attached hydrogen (secondary N) is 1. The van der Waals surface area contributed by atoms with E-state index in [9.17, 15) is 14.4 Å². The lowest BCUT2D eigenvalue weighted by molar-refractivity contribution is 0.0379. The molecule has 0 saturated carbocycles. The summed E-state index contributed by atoms with van der Waals surface area (Å²) in [5.74, 6) is -0.0245. The molecule has 1 amide bonds. The van der Waals surface area contributed by atoms with E-state index in [0.717, 1.165) is 32.5 Å². The first kappa shape index (κ1) is 30.8. The Labute approximate surface area is 262 Å². The molecule has 0 spiro atoms. The number of amides is 1. The summed E-state index contributed by atoms with van der Waals surface area (Å²) in [6.45, 7) is 6.73. The Kier molecular flexibility index (Phi) is 9.65. The molecule has 0 aliphatic rings. The predicted molar refractivity (Wildman–Crippen MR) is 175 cm³/mol. The first-order chi connectivity index (χ1) is 21.3. The average molecular weight is 610 g/mol. The molecule has 1 N–H and O–H groups in total. The average Bonchev–Trinajstić information content (AvgIpc) is 3.33. The topological polar surface area (TPSA) is 82.3 Å². The van der Waals surface area contributed by atoms with Crippen molar-refractivity contribution in [3.63, 3.8) is 0 Å². The Hall–Kier alpha value is -4.62. The van der Waals surface area contributed by atoms with E-state index in [4.69, 9.17) is 16.3 Å². The van der Waals surface area contributed by atoms with E-state index in [1.54, 1.807) is 22.9 Å². The van der Waals surface area contributed by atoms with E-state index in [1.807, 2.05) is 79.7 Å². The summed E-state index contributed by atoms with van der Waals surface area (Å²) in [6, 6.07) is 29.4. The van der Waals surface area contributed by atoms with Gasteiger partial charge in [0.05, 0.1) is 16.5 Å². The Balaban J connectivity index is 1.54. The molecule has 44 heavy (non-hydrogen) atoms. The number of benzene rings is 4. The Morgan fingerprint density at radius 3 is 2.11 bits per heavy atom. The van der Waals surface area contributed by atoms with Crippen LogP contribution in [0.5, 0.6) is 0 Å². The van der Waals surface area contributed by atoms with Crippen molar-refractivity contribution in [3.8, 4) is 0 Å². The molecule has 0 atom stereocenters. The van der Waals surface area contributed by atoms with E-state index < -0.39 is 23.7 Å². The summed E-state index contributed by atoms with van der Waals surface area (Å²) in [5.41, 5.74) is 4.85. The Bertz CT molecular complexity index is 1790. The van der Waals surface area contributed by atoms with Crippen LogP contribution in [0.15, 0.2) is 102 Å². The van der Waals surface area contributed by atoms with E-state index in [-0.39, 0.29) is 30.0 Å². The van der Waals surface area contributed by atoms with Gasteiger partial charge >= 0.3 is 12.0 Å². The number of alkyl halides is 1. The molecule has 5 aromatic rings. The molecule has 8 heteroatoms. The third kappa shape index (κ3) is 6.33. The summed E-state index contributed by atoms with van der Waals surface area (Å²) < 4.78 is 8.78. The van der Waals surface area contributed by atoms with E-state index in [1.165, 1.54) is 0 Å². The summed E-state index contributed by atoms with van der Waals surface area (Å²) in [5, 5.41) is 3.20. The number of hydrogen-bond acceptors (Lipinski definition) is 4. The van der Waals surface area contributed by atoms with Gasteiger partial charge in [0, 0.05) is 19.0 Å². The molecule has 0 aliphatic carbocycles. The van der Waals surface area contributed by atoms with Crippen molar-refractivity contribution < 1.29 is 14.3 Å². The molecular formula is C36H36ClN3O4. The van der Waals surface area contributed by atoms with Crippen LogP contribution in [0, 0.1) is 6.92 Å². The molecule has 0 fully saturated rings. The number of hydrogen-bond donors (Lipinski definition) is 1. The van der Waals surface area contributed by atoms with Crippen molar-refractivity contribution in [1.29, 1.82) is 0 Å². The number of ether oxygens (including phenoxy) is 1. The van der Waals surface area contributed by atoms with Crippen LogP contribution in [0.1, 0.15) is 70.5 Å². The third-order valence-electron chi connectivity index (χ3n) is 7.79. The second kappa shape index (κ2) is 13.8. The number of rotatable bonds is 10. The maximum atomic E-state index is 13.9. The van der Waals surface area contributed by atoms with Gasteiger partial charge < -0.3 is 10.1 Å². The summed E-state index contributed by atoms with van der Waals surface area (Å²) in [6.07, 6.45) is -0.189. The lowest BCUT2D eigenvalue weighted by atomic mass is 9.94. The number of esters is 1. The molecule has 1 aromatic heterocycles. The van der Waals surface area contributed by atoms with Crippen molar-refractivity contribution in [2.24, 2.45) is 0 Å². The van der Waals surface area contributed by atoms with E-state index in [0.29, 0.717) is 17.8 Å². The zero-order valence-corrected chi connectivity index (χ0v) is 25.9. The zero-order chi connectivity index (χ0) is 31.2. The highest BCUT2D eigenvalue weighted by molar-refractivity contribution is 6.17. The van der Waals surface area contributed by atoms with E-state index >= 15 is 0 Å². The first-order valence-corrected chi connectivity index (χ1v) is 15.3. The quantitative estimate of drug-likeness (QED) is 0.131. The van der Waals surface area contributed by atoms with Gasteiger partial charge in [-0.3, -0.25) is 9.48 Å². The number of halogens is 1. The number of aryl methyl sites for hydroxylation is 2. The number of fused-ring (bicyclic) bond motifs is 1. The van der Waals surface area contributed by atoms with Crippen molar-refractivity contribution in [1.82, 2.24) is 14.7 Å². The molecule has 226 valence electrons. The van der Waals surface area contributed by atoms with Crippen LogP contribution in [0.25, 0.3) is 10.9 Å². The SMILES string of the molecule is Cc1cccc(C(C)C)c1CNC(=O)n1c(=O)c2cccc(C(=O)OC(c3ccccc3)c3ccccc3)c2n1CCCCl. The normalized spacial score (nSPS) is 11.3. The van der Waals surface area contributed by atoms with Gasteiger partial charge in [0.2, 0.25) is 0 Å². The highest BCUT2D eigenvalue weighted by Gasteiger charge is 2.26. The molecule has 1 heterocycles. The maximum Gasteiger partial charge on any atom is 0.344 e. The molecular weight excluding hydrogens is 574 g/mol. The largest absolute Gasteiger partial charge is 0.449 e. The van der Waals surface area contributed by atoms with Crippen molar-refractivity contribution >= 4 is 34.5 Å². The number of nitrogens with zero attached hydrogens (tertiary/aromatic N) is 2. The van der Waals surface area contributed by atoms with Crippen LogP contribution in [0.4, 0.5) is 4.79 Å². The molecule has 0 bridgehead atoms. The second-order valence-electron chi connectivity index (χ2n) is 11.0. The van der Waals surface area contributed by atoms with Crippen LogP contribution in [-0.4, -0.2) is 27.2 Å². The number of aromatic nitrogens is 2. The lowest BCUT2D eigenvalue weighted by Crippen LogP contribution is -2.38. The minimum Gasteiger partial charge on any atom is -0.449 e. The first-order valence-electron chi connectivity index (χ1n) is 14.8. The van der Waals surface area contributed by atoms with Gasteiger partial charge in [0.25, 0.3) is 5.56 Å². The molecule has 0 radical (unpaired) electrons. The van der Waals surface area contributed by atoms with Gasteiger partial charge in [-0.25, -0.2) is 9.59 Å². The second-order valence-corrected chi connectivity index (χ2v) is 11.4. The van der Waals surface area contributed by atoms with Crippen molar-refractivity contribution in [3.05, 3.63) is 141 Å². The highest BCUT2D eigenvalue weighted by atomic mass is 35.5. The van der Waals surface area contributed by atoms with Crippen LogP contribution < -0.4 is 10.9 Å². The number of carbonyl (C=O) groups is 2. The smallest absolute Gasteiger partial charge is 0.344 e. The number of para-hydroxylation sites is 1. The summed E-state index contributed by atoms with van der Waals surface area (Å²) in [7, 11) is 0. The Morgan fingerprint density at radius 2 is 1.50 bits per heavy atom. The monoisotopic (exact) mass is 609 g/mol. The van der Waals surface area contributed by atoms with Crippen LogP contribution in [0.2, 0.25) is 0 Å². The fourth-order valence-corrected chi connectivity index (χ4v) is 5.73. The highest BCUT2D eigenvalue weighted by Crippen LogP contribution is 2.29. The third-order valence-corrected chi connectivity index (χ3v) is 8.06. The fourth-order valence-electron chi connectivity index (χ4n) is 5.61. The lowest BCUT2D eigenvalue weighted by Gasteiger charge is -2.20. The molecule has 4 aromatic carbocycles. The minimum absolute atomic E-state index is 0.193. The maximum absolute atomic E-state index is 13.9. The van der Waals surface area contributed by atoms with Crippen LogP contribution >= 0.6 is 11.6 Å². The van der Waals surface area contributed by atoms with Gasteiger partial charge in [-0.1, -0.05) is 98.8 Å². The van der Waals surface area contributed by atoms with Gasteiger partial charge in [0.15, 0.2) is 6.10 Å². The minimum atomic E-state index is -0.669. The predicted octanol–water partition coefficient (Wildman–Crippen LogP) is 7.57. The molecule has 0 aliphatic heterocycles. The summed E-state index contributed by atoms with van der Waals surface area (Å²) >= 11 is 6.06. The van der Waals surface area contributed by atoms with E-state index in [2.05, 4.69) is 25.2 Å². The van der Waals surface area contributed by atoms with Crippen molar-refractivity contribution in [2.75, 3.05) is 5.88 Å². The number of carbonyl (C=O) groups excluding carboxylic acids is 2. The van der Waals surface area contributed by atoms with Gasteiger partial charge in [-0.2, -0.15) is 4.68 Å². The van der Waals surface area contributed by atoms with Gasteiger partial charge in [-0.15, -0.1) is 11.6 Å². The molecule has 7 nitrogen and oxygen atoms in total. The van der Waals surface area contributed by atoms with Gasteiger partial charge in [-0.05, 0) is 59.2 Å². The van der Waals surface area contributed by atoms with Crippen LogP contribution in [0.3, 0.4) is 0 Å². The van der Waals surface area contributed by atoms with Crippen LogP contribution in [-0.2, 0) is 17.8 Å². The Morgan fingerprint density at radius 1 is 0.864 bits per heavy atom. The molecule has 5 rings (SSSR count). The zero-order valence-electron chi connectivity index (χ0n) is 25.1. The molecule has 0 unspecified atom stereocenters. The van der Waals surface area contributed by atoms with Gasteiger partial charge in [0.1, 0.15) is 0 Å². The fraction of sp³-hybridized carbons (Fsp3) is 0.250. The standard InChI is InChI=1S/C36H36ClN3O4/c1-24(2)28-18-10-13-25(3)31(28)23-38-36(43)40-34(41)29-19-11-20-30(32(29)39(40)22-12-21-37)35(42)44-33(26-14-6-4-7-15-26)27-16-8-5-9-17-27/h4-11,13-20,24,33H,12,21-23H2,1-3H3,(H,38,43). The summed E-state index contributed by atoms with van der Waals surface area (Å²) in [4.78, 5) is 41.3.